The second-order valence-corrected chi connectivity index (χ2v) is 10.9. The van der Waals surface area contributed by atoms with Gasteiger partial charge in [-0.3, -0.25) is 0 Å². The molecular formula is C26H26O5. The third kappa shape index (κ3) is 1.69. The summed E-state index contributed by atoms with van der Waals surface area (Å²) in [4.78, 5) is 25.2. The Bertz CT molecular complexity index is 1010. The Labute approximate surface area is 181 Å². The van der Waals surface area contributed by atoms with Crippen LogP contribution in [0, 0.1) is 47.3 Å². The maximum atomic E-state index is 12.6. The van der Waals surface area contributed by atoms with E-state index >= 15 is 0 Å². The molecule has 2 aliphatic heterocycles. The molecular weight excluding hydrogens is 392 g/mol. The van der Waals surface area contributed by atoms with Crippen molar-refractivity contribution in [1.82, 2.24) is 0 Å². The number of fused-ring (bicyclic) bond motifs is 22. The summed E-state index contributed by atoms with van der Waals surface area (Å²) in [6.07, 6.45) is 3.04. The molecule has 1 aromatic rings. The molecule has 0 radical (unpaired) electrons. The molecule has 0 N–H and O–H groups in total. The molecule has 7 aliphatic rings. The average Bonchev–Trinajstić information content (AvgIpc) is 3.57. The Morgan fingerprint density at radius 1 is 0.774 bits per heavy atom. The number of rotatable bonds is 2. The van der Waals surface area contributed by atoms with E-state index in [1.807, 2.05) is 0 Å². The molecule has 2 saturated heterocycles. The molecule has 0 unspecified atom stereocenters. The third-order valence-corrected chi connectivity index (χ3v) is 10.6. The summed E-state index contributed by atoms with van der Waals surface area (Å²) in [6, 6.07) is 9.04. The smallest absolute Gasteiger partial charge is 0.334 e. The Morgan fingerprint density at radius 3 is 1.71 bits per heavy atom. The van der Waals surface area contributed by atoms with Crippen LogP contribution in [-0.2, 0) is 23.8 Å². The predicted molar refractivity (Wildman–Crippen MR) is 109 cm³/mol. The number of hydrogen-bond acceptors (Lipinski definition) is 5. The molecule has 5 fully saturated rings. The lowest BCUT2D eigenvalue weighted by Crippen LogP contribution is -2.53. The zero-order chi connectivity index (χ0) is 20.8. The van der Waals surface area contributed by atoms with E-state index in [1.165, 1.54) is 20.6 Å². The van der Waals surface area contributed by atoms with Crippen molar-refractivity contribution in [2.75, 3.05) is 14.2 Å². The molecule has 5 nitrogen and oxygen atoms in total. The second-order valence-electron chi connectivity index (χ2n) is 10.9. The van der Waals surface area contributed by atoms with Crippen molar-refractivity contribution in [3.63, 3.8) is 0 Å². The molecule has 1 aromatic carbocycles. The maximum absolute atomic E-state index is 12.6. The van der Waals surface area contributed by atoms with Gasteiger partial charge in [0.05, 0.1) is 37.6 Å². The van der Waals surface area contributed by atoms with Crippen molar-refractivity contribution < 1.29 is 23.8 Å². The number of carbonyl (C=O) groups excluding carboxylic acids is 2. The molecule has 6 bridgehead atoms. The predicted octanol–water partition coefficient (Wildman–Crippen LogP) is 3.06. The fourth-order valence-electron chi connectivity index (χ4n) is 10.1. The van der Waals surface area contributed by atoms with E-state index in [-0.39, 0.29) is 23.8 Å². The highest BCUT2D eigenvalue weighted by Gasteiger charge is 2.77. The summed E-state index contributed by atoms with van der Waals surface area (Å²) in [5.74, 6) is 4.10. The van der Waals surface area contributed by atoms with Crippen molar-refractivity contribution in [1.29, 1.82) is 0 Å². The molecule has 31 heavy (non-hydrogen) atoms. The van der Waals surface area contributed by atoms with E-state index in [9.17, 15) is 9.59 Å². The SMILES string of the molecule is COC(=O)C1=C(C(=O)OC)[C@H]2[C@H]3C[C@@H]([C@@H]12)[C@@H]1[C@@H]2O[C@@H]([C@@H]4[C@H]2[C@@H]2C[C@H]4c4ccccc42)[C@H]31. The van der Waals surface area contributed by atoms with Gasteiger partial charge in [0, 0.05) is 11.8 Å². The lowest BCUT2D eigenvalue weighted by Gasteiger charge is -2.51. The zero-order valence-corrected chi connectivity index (χ0v) is 17.7. The average molecular weight is 418 g/mol. The monoisotopic (exact) mass is 418 g/mol. The van der Waals surface area contributed by atoms with E-state index in [0.717, 1.165) is 6.42 Å². The fraction of sp³-hybridized carbons (Fsp3) is 0.615. The van der Waals surface area contributed by atoms with Gasteiger partial charge in [-0.2, -0.15) is 0 Å². The van der Waals surface area contributed by atoms with Crippen LogP contribution < -0.4 is 0 Å². The Kier molecular flexibility index (Phi) is 3.05. The van der Waals surface area contributed by atoms with Crippen LogP contribution in [0.3, 0.4) is 0 Å². The summed E-state index contributed by atoms with van der Waals surface area (Å²) in [6.45, 7) is 0. The first-order chi connectivity index (χ1) is 15.2. The zero-order valence-electron chi connectivity index (χ0n) is 17.7. The number of hydrogen-bond donors (Lipinski definition) is 0. The summed E-state index contributed by atoms with van der Waals surface area (Å²) < 4.78 is 17.0. The fourth-order valence-corrected chi connectivity index (χ4v) is 10.1. The van der Waals surface area contributed by atoms with Gasteiger partial charge in [0.2, 0.25) is 0 Å². The van der Waals surface area contributed by atoms with E-state index in [4.69, 9.17) is 14.2 Å². The second kappa shape index (κ2) is 5.43. The van der Waals surface area contributed by atoms with E-state index in [2.05, 4.69) is 24.3 Å². The van der Waals surface area contributed by atoms with Crippen LogP contribution in [0.15, 0.2) is 35.4 Å². The van der Waals surface area contributed by atoms with E-state index in [1.54, 1.807) is 11.1 Å². The van der Waals surface area contributed by atoms with E-state index < -0.39 is 0 Å². The topological polar surface area (TPSA) is 61.8 Å². The first-order valence-corrected chi connectivity index (χ1v) is 11.8. The van der Waals surface area contributed by atoms with Gasteiger partial charge in [-0.15, -0.1) is 0 Å². The quantitative estimate of drug-likeness (QED) is 0.691. The van der Waals surface area contributed by atoms with Gasteiger partial charge >= 0.3 is 11.9 Å². The Hall–Kier alpha value is -2.14. The van der Waals surface area contributed by atoms with Crippen LogP contribution in [0.1, 0.15) is 35.8 Å². The van der Waals surface area contributed by atoms with Crippen LogP contribution in [0.4, 0.5) is 0 Å². The summed E-state index contributed by atoms with van der Waals surface area (Å²) in [5, 5.41) is 0. The lowest BCUT2D eigenvalue weighted by molar-refractivity contribution is -0.143. The number of methoxy groups -OCH3 is 2. The first-order valence-electron chi connectivity index (χ1n) is 11.8. The lowest BCUT2D eigenvalue weighted by atomic mass is 9.50. The summed E-state index contributed by atoms with van der Waals surface area (Å²) in [7, 11) is 2.82. The summed E-state index contributed by atoms with van der Waals surface area (Å²) >= 11 is 0. The minimum atomic E-state index is -0.346. The number of carbonyl (C=O) groups is 2. The number of esters is 2. The molecule has 0 amide bonds. The Balaban J connectivity index is 1.20. The molecule has 0 aromatic heterocycles. The van der Waals surface area contributed by atoms with Crippen LogP contribution >= 0.6 is 0 Å². The van der Waals surface area contributed by atoms with Crippen molar-refractivity contribution >= 4 is 11.9 Å². The first kappa shape index (κ1) is 17.4. The van der Waals surface area contributed by atoms with E-state index in [0.29, 0.717) is 70.7 Å². The summed E-state index contributed by atoms with van der Waals surface area (Å²) in [5.41, 5.74) is 4.33. The highest BCUT2D eigenvalue weighted by Crippen LogP contribution is 2.78. The molecule has 8 rings (SSSR count). The van der Waals surface area contributed by atoms with Crippen LogP contribution in [0.5, 0.6) is 0 Å². The number of ether oxygens (including phenoxy) is 3. The van der Waals surface area contributed by atoms with Gasteiger partial charge in [0.25, 0.3) is 0 Å². The minimum Gasteiger partial charge on any atom is -0.466 e. The third-order valence-electron chi connectivity index (χ3n) is 10.6. The molecule has 5 heteroatoms. The highest BCUT2D eigenvalue weighted by atomic mass is 16.5. The standard InChI is InChI=1S/C26H26O5/c1-29-25(27)21-15-13-8-14(16(15)22(21)26(28)30-2)20-19(13)23-17-11-7-12(18(17)24(20)31-23)10-6-4-3-5-9(10)11/h3-6,11-20,23-24H,7-8H2,1-2H3/t11-,12+,13+,14-,15-,16+,17-,18+,19+,20-,23-,24+. The molecule has 12 atom stereocenters. The van der Waals surface area contributed by atoms with Gasteiger partial charge in [0.1, 0.15) is 0 Å². The van der Waals surface area contributed by atoms with Gasteiger partial charge in [-0.05, 0) is 71.3 Å². The largest absolute Gasteiger partial charge is 0.466 e. The maximum Gasteiger partial charge on any atom is 0.334 e. The molecule has 5 aliphatic carbocycles. The molecule has 3 saturated carbocycles. The van der Waals surface area contributed by atoms with Crippen LogP contribution in [-0.4, -0.2) is 38.4 Å². The van der Waals surface area contributed by atoms with Gasteiger partial charge < -0.3 is 14.2 Å². The highest BCUT2D eigenvalue weighted by molar-refractivity contribution is 6.04. The van der Waals surface area contributed by atoms with Crippen molar-refractivity contribution in [3.05, 3.63) is 46.5 Å². The molecule has 160 valence electrons. The minimum absolute atomic E-state index is 0.153. The normalized spacial score (nSPS) is 50.6. The molecule has 0 spiro atoms. The molecule has 2 heterocycles. The van der Waals surface area contributed by atoms with Gasteiger partial charge in [-0.1, -0.05) is 24.3 Å². The van der Waals surface area contributed by atoms with Gasteiger partial charge in [0.15, 0.2) is 0 Å². The van der Waals surface area contributed by atoms with Crippen molar-refractivity contribution in [2.45, 2.75) is 36.9 Å². The van der Waals surface area contributed by atoms with Crippen LogP contribution in [0.25, 0.3) is 0 Å². The van der Waals surface area contributed by atoms with Crippen molar-refractivity contribution in [2.24, 2.45) is 47.3 Å². The van der Waals surface area contributed by atoms with Crippen LogP contribution in [0.2, 0.25) is 0 Å². The Morgan fingerprint density at radius 2 is 1.26 bits per heavy atom. The van der Waals surface area contributed by atoms with Crippen molar-refractivity contribution in [3.8, 4) is 0 Å². The number of benzene rings is 1. The van der Waals surface area contributed by atoms with Gasteiger partial charge in [-0.25, -0.2) is 9.59 Å².